The fourth-order valence-electron chi connectivity index (χ4n) is 5.05. The van der Waals surface area contributed by atoms with Crippen LogP contribution in [0.25, 0.3) is 0 Å². The van der Waals surface area contributed by atoms with Gasteiger partial charge in [0, 0.05) is 24.0 Å². The number of ether oxygens (including phenoxy) is 1. The van der Waals surface area contributed by atoms with Crippen molar-refractivity contribution in [2.75, 3.05) is 13.1 Å². The minimum Gasteiger partial charge on any atom is -0.370 e. The molecule has 2 atom stereocenters. The molecule has 2 aromatic heterocycles. The van der Waals surface area contributed by atoms with Crippen molar-refractivity contribution in [2.45, 2.75) is 37.0 Å². The topological polar surface area (TPSA) is 79.0 Å². The van der Waals surface area contributed by atoms with Gasteiger partial charge < -0.3 is 20.4 Å². The van der Waals surface area contributed by atoms with Gasteiger partial charge in [-0.25, -0.2) is 0 Å². The van der Waals surface area contributed by atoms with Gasteiger partial charge in [0.05, 0.1) is 18.8 Å². The number of nitrogens with one attached hydrogen (secondary N) is 3. The minimum absolute atomic E-state index is 0.110. The molecule has 3 aromatic rings. The van der Waals surface area contributed by atoms with Crippen LogP contribution in [0.4, 0.5) is 0 Å². The Morgan fingerprint density at radius 1 is 1.13 bits per heavy atom. The molecule has 0 saturated carbocycles. The first kappa shape index (κ1) is 19.0. The van der Waals surface area contributed by atoms with Crippen LogP contribution >= 0.6 is 0 Å². The van der Waals surface area contributed by atoms with Crippen molar-refractivity contribution in [1.29, 1.82) is 0 Å². The fourth-order valence-corrected chi connectivity index (χ4v) is 5.05. The number of hydrogen-bond donors (Lipinski definition) is 3. The zero-order chi connectivity index (χ0) is 20.4. The maximum absolute atomic E-state index is 12.9. The third kappa shape index (κ3) is 3.32. The second kappa shape index (κ2) is 8.05. The minimum atomic E-state index is -0.202. The van der Waals surface area contributed by atoms with E-state index in [4.69, 9.17) is 4.74 Å². The summed E-state index contributed by atoms with van der Waals surface area (Å²) < 4.78 is 6.60. The number of benzene rings is 1. The van der Waals surface area contributed by atoms with Crippen LogP contribution in [0.3, 0.4) is 0 Å². The van der Waals surface area contributed by atoms with Gasteiger partial charge in [0.2, 0.25) is 0 Å². The van der Waals surface area contributed by atoms with E-state index in [1.165, 1.54) is 5.56 Å². The zero-order valence-electron chi connectivity index (χ0n) is 16.8. The molecule has 1 aromatic carbocycles. The second-order valence-electron chi connectivity index (χ2n) is 8.12. The molecule has 1 saturated heterocycles. The summed E-state index contributed by atoms with van der Waals surface area (Å²) in [5.74, 6) is -0.110. The van der Waals surface area contributed by atoms with E-state index in [0.29, 0.717) is 12.3 Å². The van der Waals surface area contributed by atoms with Crippen molar-refractivity contribution in [3.8, 4) is 0 Å². The number of nitrogens with zero attached hydrogens (tertiary/aromatic N) is 1. The van der Waals surface area contributed by atoms with Gasteiger partial charge in [-0.1, -0.05) is 30.3 Å². The van der Waals surface area contributed by atoms with E-state index in [1.54, 1.807) is 18.5 Å². The monoisotopic (exact) mass is 402 g/mol. The van der Waals surface area contributed by atoms with Gasteiger partial charge >= 0.3 is 0 Å². The van der Waals surface area contributed by atoms with Crippen LogP contribution in [0.5, 0.6) is 0 Å². The summed E-state index contributed by atoms with van der Waals surface area (Å²) in [6.45, 7) is 2.35. The van der Waals surface area contributed by atoms with Crippen molar-refractivity contribution in [2.24, 2.45) is 0 Å². The Hall–Kier alpha value is -2.96. The van der Waals surface area contributed by atoms with Crippen LogP contribution in [0.1, 0.15) is 46.1 Å². The predicted octanol–water partition coefficient (Wildman–Crippen LogP) is 3.10. The van der Waals surface area contributed by atoms with Crippen LogP contribution in [0, 0.1) is 0 Å². The Morgan fingerprint density at radius 3 is 2.77 bits per heavy atom. The summed E-state index contributed by atoms with van der Waals surface area (Å²) in [4.78, 5) is 20.2. The summed E-state index contributed by atoms with van der Waals surface area (Å²) in [7, 11) is 0. The van der Waals surface area contributed by atoms with Gasteiger partial charge in [0.25, 0.3) is 5.91 Å². The first-order valence-electron chi connectivity index (χ1n) is 10.5. The molecule has 0 radical (unpaired) electrons. The second-order valence-corrected chi connectivity index (χ2v) is 8.12. The van der Waals surface area contributed by atoms with Crippen molar-refractivity contribution >= 4 is 5.91 Å². The van der Waals surface area contributed by atoms with E-state index in [9.17, 15) is 4.79 Å². The molecule has 1 fully saturated rings. The van der Waals surface area contributed by atoms with Crippen molar-refractivity contribution in [1.82, 2.24) is 20.6 Å². The standard InChI is InChI=1S/C24H26N4O2/c29-23(20-8-4-12-27-20)28-21-18-6-1-2-7-19(18)24(9-13-25-14-10-24)22(21)30-16-17-5-3-11-26-15-17/h1-8,11-12,15,21-22,25,27H,9-10,13-14,16H2,(H,28,29)/t21-,22+/m1/s1. The maximum Gasteiger partial charge on any atom is 0.268 e. The smallest absolute Gasteiger partial charge is 0.268 e. The van der Waals surface area contributed by atoms with Crippen molar-refractivity contribution in [3.63, 3.8) is 0 Å². The lowest BCUT2D eigenvalue weighted by Gasteiger charge is -2.41. The third-order valence-corrected chi connectivity index (χ3v) is 6.46. The van der Waals surface area contributed by atoms with Crippen molar-refractivity contribution < 1.29 is 9.53 Å². The predicted molar refractivity (Wildman–Crippen MR) is 114 cm³/mol. The summed E-state index contributed by atoms with van der Waals surface area (Å²) in [5.41, 5.74) is 3.95. The highest BCUT2D eigenvalue weighted by Crippen LogP contribution is 2.51. The van der Waals surface area contributed by atoms with Crippen LogP contribution in [0.15, 0.2) is 67.1 Å². The Kier molecular flexibility index (Phi) is 5.11. The number of carbonyl (C=O) groups is 1. The Morgan fingerprint density at radius 2 is 2.00 bits per heavy atom. The van der Waals surface area contributed by atoms with Gasteiger partial charge in [-0.3, -0.25) is 9.78 Å². The molecule has 1 amide bonds. The highest BCUT2D eigenvalue weighted by molar-refractivity contribution is 5.92. The number of carbonyl (C=O) groups excluding carboxylic acids is 1. The van der Waals surface area contributed by atoms with Crippen LogP contribution < -0.4 is 10.6 Å². The molecule has 154 valence electrons. The van der Waals surface area contributed by atoms with Gasteiger partial charge in [-0.05, 0) is 60.8 Å². The molecule has 0 unspecified atom stereocenters. The highest BCUT2D eigenvalue weighted by Gasteiger charge is 2.53. The number of H-pyrrole nitrogens is 1. The van der Waals surface area contributed by atoms with Crippen LogP contribution in [-0.2, 0) is 16.8 Å². The first-order chi connectivity index (χ1) is 14.8. The van der Waals surface area contributed by atoms with Gasteiger partial charge in [0.1, 0.15) is 5.69 Å². The van der Waals surface area contributed by atoms with Crippen molar-refractivity contribution in [3.05, 3.63) is 89.5 Å². The van der Waals surface area contributed by atoms with E-state index in [0.717, 1.165) is 37.1 Å². The van der Waals surface area contributed by atoms with Gasteiger partial charge in [-0.15, -0.1) is 0 Å². The lowest BCUT2D eigenvalue weighted by atomic mass is 9.72. The molecule has 3 heterocycles. The molecule has 6 heteroatoms. The largest absolute Gasteiger partial charge is 0.370 e. The van der Waals surface area contributed by atoms with E-state index < -0.39 is 0 Å². The number of fused-ring (bicyclic) bond motifs is 2. The maximum atomic E-state index is 12.9. The fraction of sp³-hybridized carbons (Fsp3) is 0.333. The molecule has 6 nitrogen and oxygen atoms in total. The molecule has 30 heavy (non-hydrogen) atoms. The lowest BCUT2D eigenvalue weighted by molar-refractivity contribution is -0.0363. The summed E-state index contributed by atoms with van der Waals surface area (Å²) in [6.07, 6.45) is 7.19. The number of piperidine rings is 1. The molecule has 1 aliphatic heterocycles. The SMILES string of the molecule is O=C(N[C@@H]1c2ccccc2C2(CCNCC2)[C@H]1OCc1cccnc1)c1ccc[nH]1. The number of aromatic amines is 1. The number of hydrogen-bond acceptors (Lipinski definition) is 4. The normalized spacial score (nSPS) is 22.0. The van der Waals surface area contributed by atoms with E-state index in [-0.39, 0.29) is 23.5 Å². The van der Waals surface area contributed by atoms with Crippen LogP contribution in [-0.4, -0.2) is 35.1 Å². The number of amides is 1. The molecule has 2 aliphatic rings. The Bertz CT molecular complexity index is 997. The van der Waals surface area contributed by atoms with E-state index in [2.05, 4.69) is 38.8 Å². The number of pyridine rings is 1. The van der Waals surface area contributed by atoms with Gasteiger partial charge in [-0.2, -0.15) is 0 Å². The van der Waals surface area contributed by atoms with Crippen LogP contribution in [0.2, 0.25) is 0 Å². The van der Waals surface area contributed by atoms with Gasteiger partial charge in [0.15, 0.2) is 0 Å². The van der Waals surface area contributed by atoms with E-state index >= 15 is 0 Å². The first-order valence-corrected chi connectivity index (χ1v) is 10.5. The van der Waals surface area contributed by atoms with E-state index in [1.807, 2.05) is 30.5 Å². The summed E-state index contributed by atoms with van der Waals surface area (Å²) in [5, 5.41) is 6.75. The average Bonchev–Trinajstić information content (AvgIpc) is 3.41. The average molecular weight is 402 g/mol. The molecule has 1 spiro atoms. The zero-order valence-corrected chi connectivity index (χ0v) is 16.8. The molecule has 1 aliphatic carbocycles. The molecule has 5 rings (SSSR count). The molecule has 3 N–H and O–H groups in total. The number of aromatic nitrogens is 2. The molecular formula is C24H26N4O2. The summed E-state index contributed by atoms with van der Waals surface area (Å²) >= 11 is 0. The summed E-state index contributed by atoms with van der Waals surface area (Å²) in [6, 6.07) is 15.9. The lowest BCUT2D eigenvalue weighted by Crippen LogP contribution is -2.49. The highest BCUT2D eigenvalue weighted by atomic mass is 16.5. The Balaban J connectivity index is 1.50. The number of rotatable bonds is 5. The quantitative estimate of drug-likeness (QED) is 0.613. The Labute approximate surface area is 176 Å². The molecule has 0 bridgehead atoms. The molecular weight excluding hydrogens is 376 g/mol. The third-order valence-electron chi connectivity index (χ3n) is 6.46.